The molecule has 2 amide bonds. The summed E-state index contributed by atoms with van der Waals surface area (Å²) < 4.78 is 11.2. The minimum Gasteiger partial charge on any atom is -0.394 e. The second kappa shape index (κ2) is 12.9. The van der Waals surface area contributed by atoms with Crippen LogP contribution in [0.1, 0.15) is 27.7 Å². The Morgan fingerprint density at radius 2 is 1.54 bits per heavy atom. The summed E-state index contributed by atoms with van der Waals surface area (Å²) in [6.07, 6.45) is -14.1. The molecule has 0 aromatic carbocycles. The van der Waals surface area contributed by atoms with E-state index in [1.54, 1.807) is 0 Å². The molecule has 1 aliphatic heterocycles. The van der Waals surface area contributed by atoms with Crippen LogP contribution in [0.5, 0.6) is 0 Å². The Morgan fingerprint density at radius 3 is 2.03 bits per heavy atom. The first-order valence-corrected chi connectivity index (χ1v) is 12.5. The number of hydrogen-bond donors (Lipinski definition) is 9. The van der Waals surface area contributed by atoms with Gasteiger partial charge in [0.25, 0.3) is 0 Å². The van der Waals surface area contributed by atoms with Crippen molar-refractivity contribution in [3.63, 3.8) is 0 Å². The van der Waals surface area contributed by atoms with Crippen LogP contribution in [0.3, 0.4) is 0 Å². The number of ether oxygens (including phenoxy) is 2. The molecule has 0 spiro atoms. The normalized spacial score (nSPS) is 40.9. The van der Waals surface area contributed by atoms with E-state index in [4.69, 9.17) is 9.47 Å². The largest absolute Gasteiger partial charge is 0.394 e. The van der Waals surface area contributed by atoms with Gasteiger partial charge in [0.05, 0.1) is 18.8 Å². The Labute approximate surface area is 207 Å². The molecule has 14 heteroatoms. The lowest BCUT2D eigenvalue weighted by Crippen LogP contribution is -2.69. The van der Waals surface area contributed by atoms with Crippen LogP contribution in [0.15, 0.2) is 0 Å². The van der Waals surface area contributed by atoms with E-state index in [1.807, 2.05) is 13.8 Å². The molecule has 0 aromatic rings. The predicted octanol–water partition coefficient (Wildman–Crippen LogP) is -3.96. The molecule has 1 aliphatic carbocycles. The van der Waals surface area contributed by atoms with Crippen LogP contribution in [-0.2, 0) is 19.1 Å². The van der Waals surface area contributed by atoms with Crippen LogP contribution in [0.25, 0.3) is 0 Å². The van der Waals surface area contributed by atoms with Crippen molar-refractivity contribution in [2.24, 2.45) is 5.92 Å². The van der Waals surface area contributed by atoms with E-state index in [2.05, 4.69) is 10.6 Å². The maximum atomic E-state index is 13.0. The van der Waals surface area contributed by atoms with Crippen molar-refractivity contribution in [1.29, 1.82) is 0 Å². The maximum absolute atomic E-state index is 13.0. The number of thioether (sulfide) groups is 1. The quantitative estimate of drug-likeness (QED) is 0.141. The molecule has 2 aliphatic rings. The van der Waals surface area contributed by atoms with E-state index in [0.717, 1.165) is 0 Å². The zero-order chi connectivity index (χ0) is 26.6. The van der Waals surface area contributed by atoms with Crippen molar-refractivity contribution in [1.82, 2.24) is 10.6 Å². The van der Waals surface area contributed by atoms with Gasteiger partial charge in [-0.05, 0) is 5.25 Å². The highest BCUT2D eigenvalue weighted by Gasteiger charge is 2.52. The Hall–Kier alpha value is -1.07. The smallest absolute Gasteiger partial charge is 0.243 e. The van der Waals surface area contributed by atoms with E-state index in [-0.39, 0.29) is 11.0 Å². The molecule has 12 atom stereocenters. The van der Waals surface area contributed by atoms with Crippen molar-refractivity contribution < 1.29 is 54.8 Å². The van der Waals surface area contributed by atoms with Gasteiger partial charge in [0, 0.05) is 18.6 Å². The van der Waals surface area contributed by atoms with Crippen LogP contribution < -0.4 is 10.6 Å². The Morgan fingerprint density at radius 1 is 0.971 bits per heavy atom. The maximum Gasteiger partial charge on any atom is 0.243 e. The van der Waals surface area contributed by atoms with Crippen molar-refractivity contribution in [3.8, 4) is 0 Å². The number of aliphatic hydroxyl groups is 7. The number of aliphatic hydroxyl groups excluding tert-OH is 7. The van der Waals surface area contributed by atoms with Gasteiger partial charge in [-0.15, -0.1) is 0 Å². The fraction of sp³-hybridized carbons (Fsp3) is 0.905. The van der Waals surface area contributed by atoms with Crippen LogP contribution in [-0.4, -0.2) is 132 Å². The summed E-state index contributed by atoms with van der Waals surface area (Å²) in [5, 5.41) is 77.0. The van der Waals surface area contributed by atoms with Gasteiger partial charge in [0.15, 0.2) is 6.29 Å². The topological polar surface area (TPSA) is 218 Å². The minimum absolute atomic E-state index is 0.153. The van der Waals surface area contributed by atoms with E-state index in [9.17, 15) is 45.3 Å². The predicted molar refractivity (Wildman–Crippen MR) is 123 cm³/mol. The molecular weight excluding hydrogens is 488 g/mol. The van der Waals surface area contributed by atoms with Crippen molar-refractivity contribution >= 4 is 23.6 Å². The third-order valence-electron chi connectivity index (χ3n) is 6.22. The average Bonchev–Trinajstić information content (AvgIpc) is 2.80. The molecular formula is C21H38N2O11S. The van der Waals surface area contributed by atoms with Crippen molar-refractivity contribution in [2.45, 2.75) is 100 Å². The molecule has 13 nitrogen and oxygen atoms in total. The van der Waals surface area contributed by atoms with Gasteiger partial charge in [-0.2, -0.15) is 11.8 Å². The summed E-state index contributed by atoms with van der Waals surface area (Å²) in [6.45, 7) is 5.76. The molecule has 2 fully saturated rings. The summed E-state index contributed by atoms with van der Waals surface area (Å²) in [6, 6.07) is -2.47. The monoisotopic (exact) mass is 526 g/mol. The van der Waals surface area contributed by atoms with Gasteiger partial charge in [0.1, 0.15) is 48.7 Å². The lowest BCUT2D eigenvalue weighted by molar-refractivity contribution is -0.315. The molecule has 1 saturated heterocycles. The fourth-order valence-corrected chi connectivity index (χ4v) is 4.88. The zero-order valence-electron chi connectivity index (χ0n) is 20.1. The van der Waals surface area contributed by atoms with E-state index in [0.29, 0.717) is 0 Å². The van der Waals surface area contributed by atoms with Gasteiger partial charge in [-0.1, -0.05) is 20.8 Å². The second-order valence-corrected chi connectivity index (χ2v) is 10.9. The first-order valence-electron chi connectivity index (χ1n) is 11.5. The summed E-state index contributed by atoms with van der Waals surface area (Å²) in [7, 11) is 0. The fourth-order valence-electron chi connectivity index (χ4n) is 4.06. The molecule has 0 bridgehead atoms. The molecule has 9 N–H and O–H groups in total. The minimum atomic E-state index is -1.71. The second-order valence-electron chi connectivity index (χ2n) is 9.30. The number of nitrogens with one attached hydrogen (secondary N) is 2. The molecule has 0 aromatic heterocycles. The standard InChI is InChI=1S/C21H38N2O11S/c1-7(2)35-6-10(22-9(4)25)20(32)23-12-16(29)15(28)11(5-24)33-21(12)34-19-17(30)13(26)8(3)14(27)18(19)31/h7-8,10-19,21,24,26-31H,5-6H2,1-4H3,(H,22,25)(H,23,32)/t8?,10-,11?,12?,13?,14?,15+,16+,17+,18?,19?,21+/m0/s1. The van der Waals surface area contributed by atoms with Crippen LogP contribution in [0.2, 0.25) is 0 Å². The molecule has 7 unspecified atom stereocenters. The molecule has 0 radical (unpaired) electrons. The zero-order valence-corrected chi connectivity index (χ0v) is 20.9. The Balaban J connectivity index is 2.27. The van der Waals surface area contributed by atoms with E-state index in [1.165, 1.54) is 25.6 Å². The summed E-state index contributed by atoms with van der Waals surface area (Å²) in [5.41, 5.74) is 0. The van der Waals surface area contributed by atoms with E-state index < -0.39 is 91.5 Å². The third kappa shape index (κ3) is 7.25. The highest BCUT2D eigenvalue weighted by molar-refractivity contribution is 7.99. The lowest BCUT2D eigenvalue weighted by atomic mass is 9.79. The number of hydrogen-bond acceptors (Lipinski definition) is 12. The lowest BCUT2D eigenvalue weighted by Gasteiger charge is -2.47. The summed E-state index contributed by atoms with van der Waals surface area (Å²) >= 11 is 1.40. The number of rotatable bonds is 9. The molecule has 2 rings (SSSR count). The van der Waals surface area contributed by atoms with Gasteiger partial charge in [-0.25, -0.2) is 0 Å². The number of carbonyl (C=O) groups is 2. The number of carbonyl (C=O) groups excluding carboxylic acids is 2. The van der Waals surface area contributed by atoms with Crippen molar-refractivity contribution in [2.75, 3.05) is 12.4 Å². The van der Waals surface area contributed by atoms with Gasteiger partial charge >= 0.3 is 0 Å². The highest BCUT2D eigenvalue weighted by atomic mass is 32.2. The van der Waals surface area contributed by atoms with Gasteiger partial charge in [0.2, 0.25) is 11.8 Å². The first-order chi connectivity index (χ1) is 16.3. The van der Waals surface area contributed by atoms with Crippen molar-refractivity contribution in [3.05, 3.63) is 0 Å². The van der Waals surface area contributed by atoms with Gasteiger partial charge in [-0.3, -0.25) is 9.59 Å². The third-order valence-corrected chi connectivity index (χ3v) is 7.41. The first kappa shape index (κ1) is 30.2. The summed E-state index contributed by atoms with van der Waals surface area (Å²) in [4.78, 5) is 24.6. The molecule has 1 saturated carbocycles. The van der Waals surface area contributed by atoms with Crippen LogP contribution in [0, 0.1) is 5.92 Å². The Bertz CT molecular complexity index is 701. The Kier molecular flexibility index (Phi) is 11.2. The molecule has 35 heavy (non-hydrogen) atoms. The van der Waals surface area contributed by atoms with Gasteiger partial charge < -0.3 is 55.9 Å². The van der Waals surface area contributed by atoms with Crippen LogP contribution >= 0.6 is 11.8 Å². The highest BCUT2D eigenvalue weighted by Crippen LogP contribution is 2.31. The molecule has 204 valence electrons. The number of amides is 2. The summed E-state index contributed by atoms with van der Waals surface area (Å²) in [5.74, 6) is -1.86. The van der Waals surface area contributed by atoms with E-state index >= 15 is 0 Å². The average molecular weight is 527 g/mol. The molecule has 1 heterocycles. The SMILES string of the molecule is CC(=O)N[C@@H](CSC(C)C)C(=O)NC1[C@@H](OC2C(O)C(O)C(C)C(O)[C@H]2O)OC(CO)[C@@H](O)[C@@H]1O. The van der Waals surface area contributed by atoms with Crippen LogP contribution in [0.4, 0.5) is 0 Å².